The van der Waals surface area contributed by atoms with E-state index in [1.165, 1.54) is 36.0 Å². The van der Waals surface area contributed by atoms with E-state index < -0.39 is 0 Å². The van der Waals surface area contributed by atoms with Crippen molar-refractivity contribution >= 4 is 35.0 Å². The van der Waals surface area contributed by atoms with Crippen LogP contribution in [0.5, 0.6) is 0 Å². The summed E-state index contributed by atoms with van der Waals surface area (Å²) in [5.41, 5.74) is 1.75. The van der Waals surface area contributed by atoms with E-state index in [-0.39, 0.29) is 17.7 Å². The van der Waals surface area contributed by atoms with Crippen LogP contribution >= 0.6 is 23.4 Å². The van der Waals surface area contributed by atoms with Gasteiger partial charge in [-0.3, -0.25) is 4.79 Å². The van der Waals surface area contributed by atoms with Crippen LogP contribution < -0.4 is 0 Å². The molecule has 2 aliphatic rings. The van der Waals surface area contributed by atoms with E-state index in [1.54, 1.807) is 6.26 Å². The Labute approximate surface area is 195 Å². The quantitative estimate of drug-likeness (QED) is 0.421. The molecule has 1 aromatic carbocycles. The van der Waals surface area contributed by atoms with Gasteiger partial charge in [-0.1, -0.05) is 54.8 Å². The van der Waals surface area contributed by atoms with E-state index in [0.717, 1.165) is 24.1 Å². The highest BCUT2D eigenvalue weighted by atomic mass is 35.5. The van der Waals surface area contributed by atoms with Gasteiger partial charge in [-0.2, -0.15) is 5.10 Å². The zero-order valence-corrected chi connectivity index (χ0v) is 19.0. The van der Waals surface area contributed by atoms with Crippen molar-refractivity contribution in [2.45, 2.75) is 55.7 Å². The van der Waals surface area contributed by atoms with Crippen LogP contribution in [0.25, 0.3) is 0 Å². The maximum Gasteiger partial charge on any atom is 0.277 e. The van der Waals surface area contributed by atoms with Crippen LogP contribution in [0.3, 0.4) is 0 Å². The number of benzene rings is 1. The fourth-order valence-electron chi connectivity index (χ4n) is 4.24. The van der Waals surface area contributed by atoms with Crippen LogP contribution in [0.15, 0.2) is 61.8 Å². The highest BCUT2D eigenvalue weighted by Crippen LogP contribution is 2.35. The number of thioether (sulfide) groups is 1. The summed E-state index contributed by atoms with van der Waals surface area (Å²) in [6.07, 6.45) is 8.02. The van der Waals surface area contributed by atoms with Crippen molar-refractivity contribution in [3.8, 4) is 0 Å². The summed E-state index contributed by atoms with van der Waals surface area (Å²) < 4.78 is 11.4. The molecule has 166 valence electrons. The third-order valence-corrected chi connectivity index (χ3v) is 6.97. The Hall–Kier alpha value is -2.58. The van der Waals surface area contributed by atoms with Crippen molar-refractivity contribution in [1.29, 1.82) is 0 Å². The lowest BCUT2D eigenvalue weighted by molar-refractivity contribution is -0.130. The van der Waals surface area contributed by atoms with E-state index >= 15 is 0 Å². The van der Waals surface area contributed by atoms with Gasteiger partial charge in [0.25, 0.3) is 11.1 Å². The third kappa shape index (κ3) is 4.61. The molecule has 0 bridgehead atoms. The lowest BCUT2D eigenvalue weighted by Crippen LogP contribution is -2.28. The molecule has 0 spiro atoms. The number of aromatic nitrogens is 2. The van der Waals surface area contributed by atoms with Gasteiger partial charge in [0.1, 0.15) is 11.8 Å². The summed E-state index contributed by atoms with van der Waals surface area (Å²) in [5, 5.41) is 15.6. The monoisotopic (exact) mass is 470 g/mol. The number of hydrogen-bond acceptors (Lipinski definition) is 7. The summed E-state index contributed by atoms with van der Waals surface area (Å²) >= 11 is 7.27. The van der Waals surface area contributed by atoms with Gasteiger partial charge in [0.2, 0.25) is 5.89 Å². The van der Waals surface area contributed by atoms with E-state index in [2.05, 4.69) is 15.3 Å². The molecule has 3 heterocycles. The van der Waals surface area contributed by atoms with Crippen LogP contribution in [0.1, 0.15) is 67.7 Å². The van der Waals surface area contributed by atoms with Gasteiger partial charge in [-0.15, -0.1) is 10.2 Å². The van der Waals surface area contributed by atoms with Crippen molar-refractivity contribution in [3.05, 3.63) is 64.9 Å². The predicted octanol–water partition coefficient (Wildman–Crippen LogP) is 5.83. The average molecular weight is 471 g/mol. The molecule has 1 aliphatic carbocycles. The largest absolute Gasteiger partial charge is 0.467 e. The second kappa shape index (κ2) is 9.50. The minimum atomic E-state index is -0.288. The highest BCUT2D eigenvalue weighted by Gasteiger charge is 2.35. The SMILES string of the molecule is O=C(CSc1nnc(C2CCCCC2)o1)N1N=C(c2ccc(Cl)cc2)C[C@H]1c1ccco1. The van der Waals surface area contributed by atoms with Gasteiger partial charge in [-0.05, 0) is 42.7 Å². The number of amides is 1. The second-order valence-electron chi connectivity index (χ2n) is 8.06. The first-order chi connectivity index (χ1) is 15.7. The average Bonchev–Trinajstić information content (AvgIpc) is 3.59. The summed E-state index contributed by atoms with van der Waals surface area (Å²) in [6.45, 7) is 0. The van der Waals surface area contributed by atoms with E-state index in [9.17, 15) is 4.79 Å². The van der Waals surface area contributed by atoms with Crippen molar-refractivity contribution in [2.24, 2.45) is 5.10 Å². The molecule has 0 radical (unpaired) electrons. The van der Waals surface area contributed by atoms with Crippen molar-refractivity contribution < 1.29 is 13.6 Å². The van der Waals surface area contributed by atoms with Crippen LogP contribution in [-0.2, 0) is 4.79 Å². The van der Waals surface area contributed by atoms with Crippen molar-refractivity contribution in [2.75, 3.05) is 5.75 Å². The Bertz CT molecular complexity index is 1090. The van der Waals surface area contributed by atoms with Crippen LogP contribution in [-0.4, -0.2) is 32.6 Å². The van der Waals surface area contributed by atoms with E-state index in [0.29, 0.717) is 34.2 Å². The van der Waals surface area contributed by atoms with Gasteiger partial charge in [0.05, 0.1) is 17.7 Å². The van der Waals surface area contributed by atoms with E-state index in [1.807, 2.05) is 36.4 Å². The summed E-state index contributed by atoms with van der Waals surface area (Å²) in [4.78, 5) is 13.1. The minimum absolute atomic E-state index is 0.141. The Morgan fingerprint density at radius 2 is 1.94 bits per heavy atom. The van der Waals surface area contributed by atoms with Gasteiger partial charge in [0.15, 0.2) is 0 Å². The molecule has 2 aromatic heterocycles. The summed E-state index contributed by atoms with van der Waals surface area (Å²) in [7, 11) is 0. The molecular weight excluding hydrogens is 448 g/mol. The molecular formula is C23H23ClN4O3S. The zero-order chi connectivity index (χ0) is 21.9. The maximum atomic E-state index is 13.1. The predicted molar refractivity (Wildman–Crippen MR) is 122 cm³/mol. The molecule has 9 heteroatoms. The topological polar surface area (TPSA) is 84.7 Å². The van der Waals surface area contributed by atoms with Crippen LogP contribution in [0, 0.1) is 0 Å². The molecule has 1 atom stereocenters. The fraction of sp³-hybridized carbons (Fsp3) is 0.391. The first kappa shape index (κ1) is 21.3. The van der Waals surface area contributed by atoms with Gasteiger partial charge < -0.3 is 8.83 Å². The first-order valence-electron chi connectivity index (χ1n) is 10.8. The summed E-state index contributed by atoms with van der Waals surface area (Å²) in [6, 6.07) is 10.9. The number of furan rings is 1. The number of hydrazone groups is 1. The number of halogens is 1. The molecule has 0 saturated heterocycles. The Morgan fingerprint density at radius 1 is 1.12 bits per heavy atom. The molecule has 7 nitrogen and oxygen atoms in total. The molecule has 1 saturated carbocycles. The second-order valence-corrected chi connectivity index (χ2v) is 9.42. The highest BCUT2D eigenvalue weighted by molar-refractivity contribution is 7.99. The molecule has 32 heavy (non-hydrogen) atoms. The first-order valence-corrected chi connectivity index (χ1v) is 12.2. The molecule has 0 N–H and O–H groups in total. The number of hydrogen-bond donors (Lipinski definition) is 0. The Balaban J connectivity index is 1.29. The van der Waals surface area contributed by atoms with E-state index in [4.69, 9.17) is 20.4 Å². The van der Waals surface area contributed by atoms with Gasteiger partial charge in [0, 0.05) is 17.4 Å². The number of rotatable bonds is 6. The number of nitrogens with zero attached hydrogens (tertiary/aromatic N) is 4. The number of carbonyl (C=O) groups excluding carboxylic acids is 1. The van der Waals surface area contributed by atoms with Crippen LogP contribution in [0.2, 0.25) is 5.02 Å². The normalized spacial score (nSPS) is 19.3. The van der Waals surface area contributed by atoms with Crippen LogP contribution in [0.4, 0.5) is 0 Å². The fourth-order valence-corrected chi connectivity index (χ4v) is 4.99. The molecule has 1 fully saturated rings. The lowest BCUT2D eigenvalue weighted by atomic mass is 9.89. The minimum Gasteiger partial charge on any atom is -0.467 e. The Kier molecular flexibility index (Phi) is 6.32. The lowest BCUT2D eigenvalue weighted by Gasteiger charge is -2.19. The number of carbonyl (C=O) groups is 1. The smallest absolute Gasteiger partial charge is 0.277 e. The van der Waals surface area contributed by atoms with Crippen molar-refractivity contribution in [1.82, 2.24) is 15.2 Å². The molecule has 0 unspecified atom stereocenters. The standard InChI is InChI=1S/C23H23ClN4O3S/c24-17-10-8-15(9-11-17)18-13-19(20-7-4-12-30-20)28(27-18)21(29)14-32-23-26-25-22(31-23)16-5-2-1-3-6-16/h4,7-12,16,19H,1-3,5-6,13-14H2/t19-/m0/s1. The van der Waals surface area contributed by atoms with Crippen molar-refractivity contribution in [3.63, 3.8) is 0 Å². The zero-order valence-electron chi connectivity index (χ0n) is 17.4. The Morgan fingerprint density at radius 3 is 2.69 bits per heavy atom. The maximum absolute atomic E-state index is 13.1. The molecule has 1 aliphatic heterocycles. The molecule has 5 rings (SSSR count). The third-order valence-electron chi connectivity index (χ3n) is 5.91. The van der Waals surface area contributed by atoms with Gasteiger partial charge in [-0.25, -0.2) is 5.01 Å². The van der Waals surface area contributed by atoms with Gasteiger partial charge >= 0.3 is 0 Å². The molecule has 1 amide bonds. The molecule has 3 aromatic rings. The summed E-state index contributed by atoms with van der Waals surface area (Å²) in [5.74, 6) is 1.75.